The standard InChI is InChI=1S/C46H42N4O/c1-49-45(31-15-6-3-7-16-31)47-44(33-18-12-17-32(27-33)30-13-4-2-5-14-30)48-46(49)34-23-25-38-39-29-35(24-26-42(39)51-43(38)28-34)50-40-21-10-8-19-36(40)37-20-9-11-22-41(37)50/h2-10,12-21,23,25,28,32,35,38,43,46H,11,22,24,26-27,29H2,1H3. The van der Waals surface area contributed by atoms with Crippen molar-refractivity contribution in [2.75, 3.05) is 7.05 Å². The molecule has 0 bridgehead atoms. The molecule has 5 nitrogen and oxygen atoms in total. The predicted octanol–water partition coefficient (Wildman–Crippen LogP) is 9.88. The highest BCUT2D eigenvalue weighted by Gasteiger charge is 2.41. The molecule has 0 saturated carbocycles. The number of benzene rings is 3. The summed E-state index contributed by atoms with van der Waals surface area (Å²) in [6, 6.07) is 30.7. The molecule has 2 aliphatic heterocycles. The fraction of sp³-hybridized carbons (Fsp3) is 0.261. The van der Waals surface area contributed by atoms with Gasteiger partial charge in [-0.15, -0.1) is 0 Å². The third-order valence-electron chi connectivity index (χ3n) is 11.7. The minimum atomic E-state index is -0.202. The molecular formula is C46H42N4O. The van der Waals surface area contributed by atoms with Crippen LogP contribution in [0.5, 0.6) is 0 Å². The van der Waals surface area contributed by atoms with Crippen LogP contribution in [-0.4, -0.2) is 40.5 Å². The highest BCUT2D eigenvalue weighted by atomic mass is 16.5. The van der Waals surface area contributed by atoms with Crippen LogP contribution in [0.2, 0.25) is 0 Å². The molecule has 0 saturated heterocycles. The van der Waals surface area contributed by atoms with Gasteiger partial charge in [0.15, 0.2) is 5.84 Å². The maximum Gasteiger partial charge on any atom is 0.155 e. The van der Waals surface area contributed by atoms with E-state index in [-0.39, 0.29) is 18.2 Å². The maximum atomic E-state index is 6.82. The van der Waals surface area contributed by atoms with E-state index in [1.54, 1.807) is 0 Å². The molecule has 0 radical (unpaired) electrons. The Kier molecular flexibility index (Phi) is 7.40. The van der Waals surface area contributed by atoms with Crippen molar-refractivity contribution >= 4 is 28.7 Å². The zero-order valence-corrected chi connectivity index (χ0v) is 29.0. The first-order valence-corrected chi connectivity index (χ1v) is 18.6. The van der Waals surface area contributed by atoms with Crippen LogP contribution in [0.3, 0.4) is 0 Å². The first-order valence-electron chi connectivity index (χ1n) is 18.6. The minimum absolute atomic E-state index is 0.00242. The molecule has 0 N–H and O–H groups in total. The van der Waals surface area contributed by atoms with E-state index < -0.39 is 0 Å². The largest absolute Gasteiger partial charge is 0.490 e. The Morgan fingerprint density at radius 3 is 2.55 bits per heavy atom. The highest BCUT2D eigenvalue weighted by Crippen LogP contribution is 2.48. The van der Waals surface area contributed by atoms with E-state index in [0.29, 0.717) is 12.0 Å². The van der Waals surface area contributed by atoms with Crippen LogP contribution in [-0.2, 0) is 11.2 Å². The molecule has 5 unspecified atom stereocenters. The van der Waals surface area contributed by atoms with E-state index in [2.05, 4.69) is 150 Å². The Balaban J connectivity index is 0.946. The van der Waals surface area contributed by atoms with Gasteiger partial charge in [-0.1, -0.05) is 121 Å². The molecule has 5 atom stereocenters. The minimum Gasteiger partial charge on any atom is -0.490 e. The van der Waals surface area contributed by atoms with Crippen molar-refractivity contribution in [3.63, 3.8) is 0 Å². The van der Waals surface area contributed by atoms with Gasteiger partial charge < -0.3 is 14.2 Å². The number of nitrogens with zero attached hydrogens (tertiary/aromatic N) is 4. The maximum absolute atomic E-state index is 6.82. The van der Waals surface area contributed by atoms with E-state index in [0.717, 1.165) is 55.8 Å². The Morgan fingerprint density at radius 1 is 0.843 bits per heavy atom. The average molecular weight is 667 g/mol. The molecule has 0 fully saturated rings. The fourth-order valence-corrected chi connectivity index (χ4v) is 9.27. The average Bonchev–Trinajstić information content (AvgIpc) is 3.73. The van der Waals surface area contributed by atoms with Gasteiger partial charge in [0.1, 0.15) is 18.1 Å². The van der Waals surface area contributed by atoms with Crippen LogP contribution in [0.1, 0.15) is 66.4 Å². The summed E-state index contributed by atoms with van der Waals surface area (Å²) in [4.78, 5) is 12.9. The summed E-state index contributed by atoms with van der Waals surface area (Å²) in [6.45, 7) is 0. The summed E-state index contributed by atoms with van der Waals surface area (Å²) in [5, 5.41) is 1.39. The lowest BCUT2D eigenvalue weighted by Crippen LogP contribution is -2.42. The second kappa shape index (κ2) is 12.4. The third kappa shape index (κ3) is 5.21. The molecule has 6 aliphatic rings. The summed E-state index contributed by atoms with van der Waals surface area (Å²) in [5.41, 5.74) is 10.5. The zero-order chi connectivity index (χ0) is 33.9. The second-order valence-corrected chi connectivity index (χ2v) is 14.7. The molecule has 5 heteroatoms. The number of fused-ring (bicyclic) bond motifs is 5. The lowest BCUT2D eigenvalue weighted by atomic mass is 9.81. The van der Waals surface area contributed by atoms with Crippen molar-refractivity contribution in [1.29, 1.82) is 0 Å². The first kappa shape index (κ1) is 30.4. The van der Waals surface area contributed by atoms with Crippen LogP contribution in [0.4, 0.5) is 0 Å². The van der Waals surface area contributed by atoms with Gasteiger partial charge in [0.2, 0.25) is 0 Å². The molecule has 4 aliphatic carbocycles. The van der Waals surface area contributed by atoms with E-state index in [4.69, 9.17) is 14.7 Å². The van der Waals surface area contributed by atoms with Gasteiger partial charge in [0.25, 0.3) is 0 Å². The van der Waals surface area contributed by atoms with E-state index in [1.807, 2.05) is 0 Å². The predicted molar refractivity (Wildman–Crippen MR) is 208 cm³/mol. The number of allylic oxidation sites excluding steroid dienone is 5. The summed E-state index contributed by atoms with van der Waals surface area (Å²) in [6.07, 6.45) is 24.5. The first-order chi connectivity index (χ1) is 25.2. The van der Waals surface area contributed by atoms with Gasteiger partial charge in [-0.3, -0.25) is 0 Å². The molecular weight excluding hydrogens is 625 g/mol. The number of likely N-dealkylation sites (N-methyl/N-ethyl adjacent to an activating group) is 1. The SMILES string of the molecule is CN1C(c2ccccc2)=NC(C2=CC=CC(c3ccccc3)C2)=NC1C1=CC2OC3=C(CC(n4c5c(c6ccccc64)C=CCC5)CC3)C2C=C1. The third-order valence-corrected chi connectivity index (χ3v) is 11.7. The van der Waals surface area contributed by atoms with Crippen molar-refractivity contribution in [2.45, 2.75) is 62.8 Å². The van der Waals surface area contributed by atoms with E-state index in [1.165, 1.54) is 50.2 Å². The number of hydrogen-bond donors (Lipinski definition) is 0. The van der Waals surface area contributed by atoms with Gasteiger partial charge in [0.05, 0.1) is 5.76 Å². The molecule has 252 valence electrons. The molecule has 51 heavy (non-hydrogen) atoms. The number of amidine groups is 2. The molecule has 0 amide bonds. The number of aliphatic imine (C=N–C) groups is 2. The molecule has 3 heterocycles. The molecule has 3 aromatic carbocycles. The number of para-hydroxylation sites is 1. The summed E-state index contributed by atoms with van der Waals surface area (Å²) in [7, 11) is 2.13. The van der Waals surface area contributed by atoms with Crippen molar-refractivity contribution in [3.8, 4) is 0 Å². The monoisotopic (exact) mass is 666 g/mol. The number of ether oxygens (including phenoxy) is 1. The van der Waals surface area contributed by atoms with E-state index >= 15 is 0 Å². The lowest BCUT2D eigenvalue weighted by molar-refractivity contribution is 0.153. The van der Waals surface area contributed by atoms with E-state index in [9.17, 15) is 0 Å². The summed E-state index contributed by atoms with van der Waals surface area (Å²) in [5.74, 6) is 3.55. The van der Waals surface area contributed by atoms with Gasteiger partial charge >= 0.3 is 0 Å². The van der Waals surface area contributed by atoms with Crippen molar-refractivity contribution < 1.29 is 4.74 Å². The van der Waals surface area contributed by atoms with Crippen molar-refractivity contribution in [2.24, 2.45) is 15.9 Å². The highest BCUT2D eigenvalue weighted by molar-refractivity contribution is 6.13. The Morgan fingerprint density at radius 2 is 1.67 bits per heavy atom. The van der Waals surface area contributed by atoms with Gasteiger partial charge in [-0.2, -0.15) is 0 Å². The number of rotatable bonds is 5. The van der Waals surface area contributed by atoms with Gasteiger partial charge in [-0.25, -0.2) is 9.98 Å². The normalized spacial score (nSPS) is 26.5. The lowest BCUT2D eigenvalue weighted by Gasteiger charge is -2.35. The van der Waals surface area contributed by atoms with Crippen LogP contribution >= 0.6 is 0 Å². The molecule has 1 aromatic heterocycles. The van der Waals surface area contributed by atoms with Crippen molar-refractivity contribution in [1.82, 2.24) is 9.47 Å². The molecule has 10 rings (SSSR count). The van der Waals surface area contributed by atoms with Crippen LogP contribution in [0.25, 0.3) is 17.0 Å². The van der Waals surface area contributed by atoms with Gasteiger partial charge in [0, 0.05) is 59.1 Å². The summed E-state index contributed by atoms with van der Waals surface area (Å²) >= 11 is 0. The zero-order valence-electron chi connectivity index (χ0n) is 29.0. The molecule has 4 aromatic rings. The van der Waals surface area contributed by atoms with Crippen LogP contribution < -0.4 is 0 Å². The van der Waals surface area contributed by atoms with Crippen LogP contribution in [0.15, 0.2) is 160 Å². The second-order valence-electron chi connectivity index (χ2n) is 14.7. The smallest absolute Gasteiger partial charge is 0.155 e. The number of hydrogen-bond acceptors (Lipinski definition) is 4. The topological polar surface area (TPSA) is 42.1 Å². The van der Waals surface area contributed by atoms with Gasteiger partial charge in [-0.05, 0) is 66.5 Å². The Labute approximate surface area is 300 Å². The quantitative estimate of drug-likeness (QED) is 0.213. The summed E-state index contributed by atoms with van der Waals surface area (Å²) < 4.78 is 9.51. The van der Waals surface area contributed by atoms with Crippen molar-refractivity contribution in [3.05, 3.63) is 172 Å². The number of aromatic nitrogens is 1. The fourth-order valence-electron chi connectivity index (χ4n) is 9.27. The Bertz CT molecular complexity index is 2280. The molecule has 0 spiro atoms. The van der Waals surface area contributed by atoms with Crippen LogP contribution in [0, 0.1) is 5.92 Å². The Hall–Kier alpha value is -5.42.